The molecule has 6 heteroatoms. The highest BCUT2D eigenvalue weighted by atomic mass is 16.5. The first kappa shape index (κ1) is 21.0. The van der Waals surface area contributed by atoms with Gasteiger partial charge in [0.05, 0.1) is 30.3 Å². The minimum absolute atomic E-state index is 0.223. The van der Waals surface area contributed by atoms with E-state index in [0.717, 1.165) is 18.4 Å². The third-order valence-electron chi connectivity index (χ3n) is 4.12. The number of ether oxygens (including phenoxy) is 1. The van der Waals surface area contributed by atoms with E-state index in [1.165, 1.54) is 0 Å². The van der Waals surface area contributed by atoms with Crippen molar-refractivity contribution in [1.29, 1.82) is 5.26 Å². The fourth-order valence-electron chi connectivity index (χ4n) is 2.59. The predicted molar refractivity (Wildman–Crippen MR) is 108 cm³/mol. The van der Waals surface area contributed by atoms with E-state index in [1.807, 2.05) is 37.3 Å². The van der Waals surface area contributed by atoms with Gasteiger partial charge in [-0.2, -0.15) is 5.26 Å². The molecule has 0 aromatic heterocycles. The fourth-order valence-corrected chi connectivity index (χ4v) is 2.59. The number of para-hydroxylation sites is 1. The van der Waals surface area contributed by atoms with Gasteiger partial charge in [0.2, 0.25) is 0 Å². The van der Waals surface area contributed by atoms with Crippen molar-refractivity contribution in [3.8, 4) is 6.07 Å². The summed E-state index contributed by atoms with van der Waals surface area (Å²) in [6.45, 7) is 3.03. The van der Waals surface area contributed by atoms with Gasteiger partial charge in [-0.3, -0.25) is 0 Å². The Kier molecular flexibility index (Phi) is 8.54. The van der Waals surface area contributed by atoms with Gasteiger partial charge in [0.25, 0.3) is 0 Å². The average Bonchev–Trinajstić information content (AvgIpc) is 2.72. The second-order valence-corrected chi connectivity index (χ2v) is 6.28. The van der Waals surface area contributed by atoms with Crippen molar-refractivity contribution in [3.05, 3.63) is 65.7 Å². The number of benzene rings is 2. The lowest BCUT2D eigenvalue weighted by molar-refractivity contribution is 0.0501. The summed E-state index contributed by atoms with van der Waals surface area (Å²) < 4.78 is 5.26. The predicted octanol–water partition coefficient (Wildman–Crippen LogP) is 4.59. The molecule has 0 aliphatic carbocycles. The quantitative estimate of drug-likeness (QED) is 0.510. The fraction of sp³-hybridized carbons (Fsp3) is 0.318. The number of urea groups is 1. The number of amides is 2. The van der Waals surface area contributed by atoms with Gasteiger partial charge in [-0.05, 0) is 24.1 Å². The topological polar surface area (TPSA) is 82.4 Å². The van der Waals surface area contributed by atoms with E-state index in [-0.39, 0.29) is 12.5 Å². The number of rotatable bonds is 9. The zero-order chi connectivity index (χ0) is 20.2. The van der Waals surface area contributed by atoms with Gasteiger partial charge in [0.1, 0.15) is 0 Å². The molecule has 146 valence electrons. The molecular weight excluding hydrogens is 354 g/mol. The summed E-state index contributed by atoms with van der Waals surface area (Å²) in [4.78, 5) is 26.7. The summed E-state index contributed by atoms with van der Waals surface area (Å²) >= 11 is 0. The molecule has 0 atom stereocenters. The molecule has 0 aliphatic heterocycles. The Morgan fingerprint density at radius 1 is 1.11 bits per heavy atom. The Hall–Kier alpha value is -3.33. The number of hydrogen-bond acceptors (Lipinski definition) is 4. The first-order valence-corrected chi connectivity index (χ1v) is 9.38. The largest absolute Gasteiger partial charge is 0.462 e. The molecule has 0 spiro atoms. The number of nitrogens with one attached hydrogen (secondary N) is 1. The third-order valence-corrected chi connectivity index (χ3v) is 4.12. The van der Waals surface area contributed by atoms with Crippen LogP contribution in [0.5, 0.6) is 0 Å². The van der Waals surface area contributed by atoms with Crippen LogP contribution in [0, 0.1) is 11.3 Å². The Bertz CT molecular complexity index is 815. The van der Waals surface area contributed by atoms with Crippen molar-refractivity contribution in [2.24, 2.45) is 0 Å². The van der Waals surface area contributed by atoms with E-state index in [1.54, 1.807) is 29.2 Å². The third kappa shape index (κ3) is 6.44. The number of nitriles is 1. The number of hydrogen-bond donors (Lipinski definition) is 1. The maximum Gasteiger partial charge on any atom is 0.340 e. The van der Waals surface area contributed by atoms with E-state index in [9.17, 15) is 9.59 Å². The number of esters is 1. The van der Waals surface area contributed by atoms with Gasteiger partial charge in [-0.15, -0.1) is 0 Å². The molecule has 2 aromatic carbocycles. The lowest BCUT2D eigenvalue weighted by Gasteiger charge is -2.23. The van der Waals surface area contributed by atoms with E-state index in [0.29, 0.717) is 30.9 Å². The maximum atomic E-state index is 12.8. The molecule has 0 bridgehead atoms. The number of carbonyl (C=O) groups excluding carboxylic acids is 2. The zero-order valence-electron chi connectivity index (χ0n) is 16.1. The van der Waals surface area contributed by atoms with Crippen LogP contribution in [0.2, 0.25) is 0 Å². The Balaban J connectivity index is 2.12. The molecule has 6 nitrogen and oxygen atoms in total. The van der Waals surface area contributed by atoms with E-state index in [2.05, 4.69) is 11.4 Å². The molecule has 2 amide bonds. The standard InChI is InChI=1S/C22H25N3O3/c1-2-3-16-28-21(26)19-12-7-8-13-20(19)24-22(27)25(15-9-14-23)17-18-10-5-4-6-11-18/h4-8,10-13H,2-3,9,15-17H2,1H3,(H,24,27). The summed E-state index contributed by atoms with van der Waals surface area (Å²) in [6.07, 6.45) is 1.94. The minimum atomic E-state index is -0.462. The monoisotopic (exact) mass is 379 g/mol. The van der Waals surface area contributed by atoms with E-state index < -0.39 is 5.97 Å². The van der Waals surface area contributed by atoms with Crippen molar-refractivity contribution in [2.75, 3.05) is 18.5 Å². The SMILES string of the molecule is CCCCOC(=O)c1ccccc1NC(=O)N(CCC#N)Cc1ccccc1. The summed E-state index contributed by atoms with van der Waals surface area (Å²) in [5.74, 6) is -0.462. The normalized spacial score (nSPS) is 10.0. The molecule has 2 rings (SSSR count). The molecule has 2 aromatic rings. The molecule has 0 radical (unpaired) electrons. The second-order valence-electron chi connectivity index (χ2n) is 6.28. The van der Waals surface area contributed by atoms with Crippen molar-refractivity contribution >= 4 is 17.7 Å². The number of unbranched alkanes of at least 4 members (excludes halogenated alkanes) is 1. The van der Waals surface area contributed by atoms with Crippen LogP contribution in [0.1, 0.15) is 42.1 Å². The van der Waals surface area contributed by atoms with Crippen LogP contribution in [0.15, 0.2) is 54.6 Å². The van der Waals surface area contributed by atoms with Crippen LogP contribution in [0.4, 0.5) is 10.5 Å². The lowest BCUT2D eigenvalue weighted by atomic mass is 10.1. The lowest BCUT2D eigenvalue weighted by Crippen LogP contribution is -2.35. The van der Waals surface area contributed by atoms with Crippen LogP contribution in [0.3, 0.4) is 0 Å². The van der Waals surface area contributed by atoms with E-state index in [4.69, 9.17) is 10.00 Å². The molecule has 1 N–H and O–H groups in total. The van der Waals surface area contributed by atoms with Crippen LogP contribution < -0.4 is 5.32 Å². The van der Waals surface area contributed by atoms with Gasteiger partial charge in [0.15, 0.2) is 0 Å². The van der Waals surface area contributed by atoms with E-state index >= 15 is 0 Å². The summed E-state index contributed by atoms with van der Waals surface area (Å²) in [6, 6.07) is 18.0. The van der Waals surface area contributed by atoms with Gasteiger partial charge in [-0.25, -0.2) is 9.59 Å². The average molecular weight is 379 g/mol. The smallest absolute Gasteiger partial charge is 0.340 e. The van der Waals surface area contributed by atoms with Crippen molar-refractivity contribution < 1.29 is 14.3 Å². The van der Waals surface area contributed by atoms with Crippen LogP contribution in [0.25, 0.3) is 0 Å². The second kappa shape index (κ2) is 11.4. The highest BCUT2D eigenvalue weighted by Crippen LogP contribution is 2.18. The molecule has 0 heterocycles. The van der Waals surface area contributed by atoms with Crippen LogP contribution >= 0.6 is 0 Å². The molecular formula is C22H25N3O3. The number of nitrogens with zero attached hydrogens (tertiary/aromatic N) is 2. The van der Waals surface area contributed by atoms with Gasteiger partial charge >= 0.3 is 12.0 Å². The molecule has 0 saturated heterocycles. The molecule has 0 saturated carbocycles. The number of carbonyl (C=O) groups is 2. The Morgan fingerprint density at radius 2 is 1.82 bits per heavy atom. The zero-order valence-corrected chi connectivity index (χ0v) is 16.1. The van der Waals surface area contributed by atoms with Crippen molar-refractivity contribution in [1.82, 2.24) is 4.90 Å². The highest BCUT2D eigenvalue weighted by Gasteiger charge is 2.18. The minimum Gasteiger partial charge on any atom is -0.462 e. The Labute approximate surface area is 165 Å². The molecule has 0 unspecified atom stereocenters. The Morgan fingerprint density at radius 3 is 2.54 bits per heavy atom. The first-order valence-electron chi connectivity index (χ1n) is 9.38. The summed E-state index contributed by atoms with van der Waals surface area (Å²) in [5, 5.41) is 11.7. The van der Waals surface area contributed by atoms with Gasteiger partial charge in [0, 0.05) is 13.1 Å². The van der Waals surface area contributed by atoms with Crippen LogP contribution in [-0.2, 0) is 11.3 Å². The summed E-state index contributed by atoms with van der Waals surface area (Å²) in [5.41, 5.74) is 1.67. The highest BCUT2D eigenvalue weighted by molar-refractivity contribution is 6.00. The number of anilines is 1. The van der Waals surface area contributed by atoms with Crippen molar-refractivity contribution in [3.63, 3.8) is 0 Å². The van der Waals surface area contributed by atoms with Crippen LogP contribution in [-0.4, -0.2) is 30.1 Å². The molecule has 0 aliphatic rings. The summed E-state index contributed by atoms with van der Waals surface area (Å²) in [7, 11) is 0. The van der Waals surface area contributed by atoms with Gasteiger partial charge in [-0.1, -0.05) is 55.8 Å². The van der Waals surface area contributed by atoms with Gasteiger partial charge < -0.3 is 15.0 Å². The maximum absolute atomic E-state index is 12.8. The van der Waals surface area contributed by atoms with Crippen molar-refractivity contribution in [2.45, 2.75) is 32.7 Å². The molecule has 0 fully saturated rings. The molecule has 28 heavy (non-hydrogen) atoms. The first-order chi connectivity index (χ1) is 13.7.